The third-order valence-corrected chi connectivity index (χ3v) is 3.32. The summed E-state index contributed by atoms with van der Waals surface area (Å²) in [4.78, 5) is 18.4. The number of ether oxygens (including phenoxy) is 2. The number of carbonyl (C=O) groups excluding carboxylic acids is 1. The molecule has 0 radical (unpaired) electrons. The first-order valence-electron chi connectivity index (χ1n) is 7.49. The molecule has 1 atom stereocenters. The molecule has 0 aromatic carbocycles. The predicted molar refractivity (Wildman–Crippen MR) is 80.3 cm³/mol. The molecule has 1 fully saturated rings. The molecule has 5 heteroatoms. The minimum absolute atomic E-state index is 0.0184. The molecule has 1 saturated heterocycles. The first-order chi connectivity index (χ1) is 9.92. The standard InChI is InChI=1S/C16H24N2O3/c1-5-20-14-12(8-6-10-17-14)13-9-7-11-18(13)15(19)21-16(2,3)4/h6,8,10,13H,5,7,9,11H2,1-4H3. The van der Waals surface area contributed by atoms with Crippen LogP contribution in [0.25, 0.3) is 0 Å². The Morgan fingerprint density at radius 1 is 1.48 bits per heavy atom. The quantitative estimate of drug-likeness (QED) is 0.855. The van der Waals surface area contributed by atoms with Gasteiger partial charge in [0.25, 0.3) is 0 Å². The Kier molecular flexibility index (Phi) is 4.70. The van der Waals surface area contributed by atoms with E-state index in [9.17, 15) is 4.79 Å². The van der Waals surface area contributed by atoms with Gasteiger partial charge in [0.15, 0.2) is 0 Å². The van der Waals surface area contributed by atoms with Crippen LogP contribution in [0, 0.1) is 0 Å². The highest BCUT2D eigenvalue weighted by Gasteiger charge is 2.34. The molecule has 1 aromatic rings. The maximum atomic E-state index is 12.4. The normalized spacial score (nSPS) is 18.7. The number of hydrogen-bond donors (Lipinski definition) is 0. The van der Waals surface area contributed by atoms with Crippen molar-refractivity contribution in [2.24, 2.45) is 0 Å². The van der Waals surface area contributed by atoms with Crippen molar-refractivity contribution in [3.05, 3.63) is 23.9 Å². The zero-order valence-electron chi connectivity index (χ0n) is 13.3. The largest absolute Gasteiger partial charge is 0.478 e. The van der Waals surface area contributed by atoms with Gasteiger partial charge in [-0.1, -0.05) is 6.07 Å². The van der Waals surface area contributed by atoms with Crippen molar-refractivity contribution in [1.29, 1.82) is 0 Å². The molecule has 0 aliphatic carbocycles. The Balaban J connectivity index is 2.21. The average Bonchev–Trinajstić information content (AvgIpc) is 2.87. The Hall–Kier alpha value is -1.78. The van der Waals surface area contributed by atoms with Crippen LogP contribution in [0.2, 0.25) is 0 Å². The van der Waals surface area contributed by atoms with Gasteiger partial charge in [-0.2, -0.15) is 0 Å². The number of rotatable bonds is 3. The van der Waals surface area contributed by atoms with Crippen LogP contribution in [0.3, 0.4) is 0 Å². The highest BCUT2D eigenvalue weighted by Crippen LogP contribution is 2.36. The van der Waals surface area contributed by atoms with E-state index in [2.05, 4.69) is 4.98 Å². The highest BCUT2D eigenvalue weighted by molar-refractivity contribution is 5.69. The zero-order chi connectivity index (χ0) is 15.5. The second-order valence-corrected chi connectivity index (χ2v) is 6.16. The molecule has 0 bridgehead atoms. The lowest BCUT2D eigenvalue weighted by Gasteiger charge is -2.29. The van der Waals surface area contributed by atoms with Crippen molar-refractivity contribution in [2.75, 3.05) is 13.2 Å². The third-order valence-electron chi connectivity index (χ3n) is 3.32. The molecule has 2 rings (SSSR count). The second kappa shape index (κ2) is 6.33. The van der Waals surface area contributed by atoms with Crippen molar-refractivity contribution in [3.8, 4) is 5.88 Å². The molecule has 1 aliphatic heterocycles. The van der Waals surface area contributed by atoms with Crippen LogP contribution in [-0.4, -0.2) is 34.7 Å². The average molecular weight is 292 g/mol. The van der Waals surface area contributed by atoms with Crippen molar-refractivity contribution in [3.63, 3.8) is 0 Å². The first kappa shape index (κ1) is 15.6. The van der Waals surface area contributed by atoms with Gasteiger partial charge in [0.2, 0.25) is 5.88 Å². The highest BCUT2D eigenvalue weighted by atomic mass is 16.6. The van der Waals surface area contributed by atoms with Crippen LogP contribution in [0.15, 0.2) is 18.3 Å². The number of amides is 1. The van der Waals surface area contributed by atoms with Crippen LogP contribution in [0.5, 0.6) is 5.88 Å². The van der Waals surface area contributed by atoms with Gasteiger partial charge in [0.05, 0.1) is 12.6 Å². The number of aromatic nitrogens is 1. The Bertz CT molecular complexity index is 497. The van der Waals surface area contributed by atoms with Gasteiger partial charge in [-0.25, -0.2) is 9.78 Å². The zero-order valence-corrected chi connectivity index (χ0v) is 13.3. The van der Waals surface area contributed by atoms with Crippen LogP contribution >= 0.6 is 0 Å². The number of hydrogen-bond acceptors (Lipinski definition) is 4. The Labute approximate surface area is 126 Å². The van der Waals surface area contributed by atoms with Crippen LogP contribution in [0.1, 0.15) is 52.1 Å². The van der Waals surface area contributed by atoms with Gasteiger partial charge in [0, 0.05) is 18.3 Å². The fraction of sp³-hybridized carbons (Fsp3) is 0.625. The molecule has 0 N–H and O–H groups in total. The molecular weight excluding hydrogens is 268 g/mol. The lowest BCUT2D eigenvalue weighted by atomic mass is 10.1. The van der Waals surface area contributed by atoms with E-state index in [0.717, 1.165) is 18.4 Å². The van der Waals surface area contributed by atoms with E-state index in [4.69, 9.17) is 9.47 Å². The Morgan fingerprint density at radius 2 is 2.24 bits per heavy atom. The molecule has 1 amide bonds. The molecule has 0 spiro atoms. The van der Waals surface area contributed by atoms with Gasteiger partial charge < -0.3 is 14.4 Å². The van der Waals surface area contributed by atoms with Gasteiger partial charge >= 0.3 is 6.09 Å². The number of pyridine rings is 1. The van der Waals surface area contributed by atoms with E-state index < -0.39 is 5.60 Å². The van der Waals surface area contributed by atoms with Gasteiger partial charge in [-0.3, -0.25) is 0 Å². The van der Waals surface area contributed by atoms with Gasteiger partial charge in [0.1, 0.15) is 5.60 Å². The number of carbonyl (C=O) groups is 1. The minimum atomic E-state index is -0.484. The van der Waals surface area contributed by atoms with Crippen LogP contribution in [0.4, 0.5) is 4.79 Å². The Morgan fingerprint density at radius 3 is 2.90 bits per heavy atom. The smallest absolute Gasteiger partial charge is 0.410 e. The maximum absolute atomic E-state index is 12.4. The van der Waals surface area contributed by atoms with Gasteiger partial charge in [-0.05, 0) is 46.6 Å². The summed E-state index contributed by atoms with van der Waals surface area (Å²) in [5, 5.41) is 0. The molecule has 0 saturated carbocycles. The molecule has 21 heavy (non-hydrogen) atoms. The minimum Gasteiger partial charge on any atom is -0.478 e. The summed E-state index contributed by atoms with van der Waals surface area (Å²) < 4.78 is 11.1. The fourth-order valence-corrected chi connectivity index (χ4v) is 2.54. The van der Waals surface area contributed by atoms with E-state index >= 15 is 0 Å². The maximum Gasteiger partial charge on any atom is 0.410 e. The predicted octanol–water partition coefficient (Wildman–Crippen LogP) is 3.55. The molecule has 1 unspecified atom stereocenters. The van der Waals surface area contributed by atoms with Crippen LogP contribution < -0.4 is 4.74 Å². The van der Waals surface area contributed by atoms with E-state index in [0.29, 0.717) is 19.0 Å². The summed E-state index contributed by atoms with van der Waals surface area (Å²) >= 11 is 0. The van der Waals surface area contributed by atoms with Gasteiger partial charge in [-0.15, -0.1) is 0 Å². The lowest BCUT2D eigenvalue weighted by Crippen LogP contribution is -2.36. The summed E-state index contributed by atoms with van der Waals surface area (Å²) in [7, 11) is 0. The number of likely N-dealkylation sites (tertiary alicyclic amines) is 1. The summed E-state index contributed by atoms with van der Waals surface area (Å²) in [5.41, 5.74) is 0.477. The van der Waals surface area contributed by atoms with Crippen molar-refractivity contribution < 1.29 is 14.3 Å². The summed E-state index contributed by atoms with van der Waals surface area (Å²) in [6, 6.07) is 3.84. The summed E-state index contributed by atoms with van der Waals surface area (Å²) in [6.07, 6.45) is 3.31. The molecule has 5 nitrogen and oxygen atoms in total. The molecule has 116 valence electrons. The lowest BCUT2D eigenvalue weighted by molar-refractivity contribution is 0.0222. The summed E-state index contributed by atoms with van der Waals surface area (Å²) in [5.74, 6) is 0.612. The van der Waals surface area contributed by atoms with E-state index in [1.165, 1.54) is 0 Å². The van der Waals surface area contributed by atoms with E-state index in [1.807, 2.05) is 39.8 Å². The molecule has 1 aliphatic rings. The third kappa shape index (κ3) is 3.86. The van der Waals surface area contributed by atoms with Crippen molar-refractivity contribution in [1.82, 2.24) is 9.88 Å². The monoisotopic (exact) mass is 292 g/mol. The SMILES string of the molecule is CCOc1ncccc1C1CCCN1C(=O)OC(C)(C)C. The van der Waals surface area contributed by atoms with Crippen LogP contribution in [-0.2, 0) is 4.74 Å². The fourth-order valence-electron chi connectivity index (χ4n) is 2.54. The van der Waals surface area contributed by atoms with E-state index in [1.54, 1.807) is 11.1 Å². The molecule has 1 aromatic heterocycles. The first-order valence-corrected chi connectivity index (χ1v) is 7.49. The number of nitrogens with zero attached hydrogens (tertiary/aromatic N) is 2. The molecular formula is C16H24N2O3. The summed E-state index contributed by atoms with van der Waals surface area (Å²) in [6.45, 7) is 8.84. The topological polar surface area (TPSA) is 51.7 Å². The van der Waals surface area contributed by atoms with E-state index in [-0.39, 0.29) is 12.1 Å². The molecule has 2 heterocycles. The van der Waals surface area contributed by atoms with Crippen molar-refractivity contribution >= 4 is 6.09 Å². The van der Waals surface area contributed by atoms with Crippen molar-refractivity contribution in [2.45, 2.75) is 52.2 Å². The second-order valence-electron chi connectivity index (χ2n) is 6.16.